The number of rotatable bonds is 7. The van der Waals surface area contributed by atoms with Gasteiger partial charge in [-0.15, -0.1) is 10.2 Å². The third kappa shape index (κ3) is 4.66. The van der Waals surface area contributed by atoms with Crippen LogP contribution in [-0.2, 0) is 29.0 Å². The first-order valence-corrected chi connectivity index (χ1v) is 10.4. The number of pyridine rings is 1. The predicted molar refractivity (Wildman–Crippen MR) is 114 cm³/mol. The smallest absolute Gasteiger partial charge is 0.222 e. The van der Waals surface area contributed by atoms with Gasteiger partial charge >= 0.3 is 0 Å². The number of fused-ring (bicyclic) bond motifs is 2. The molecular formula is C22H28N6O2. The van der Waals surface area contributed by atoms with E-state index in [1.54, 1.807) is 7.11 Å². The molecule has 1 N–H and O–H groups in total. The van der Waals surface area contributed by atoms with Crippen LogP contribution in [0.2, 0.25) is 0 Å². The van der Waals surface area contributed by atoms with E-state index in [-0.39, 0.29) is 11.9 Å². The number of nitrogens with zero attached hydrogens (tertiary/aromatic N) is 5. The van der Waals surface area contributed by atoms with Crippen LogP contribution in [0.25, 0.3) is 10.9 Å². The van der Waals surface area contributed by atoms with Crippen LogP contribution in [0.4, 0.5) is 0 Å². The number of methoxy groups -OCH3 is 1. The monoisotopic (exact) mass is 408 g/mol. The molecule has 1 amide bonds. The van der Waals surface area contributed by atoms with E-state index in [4.69, 9.17) is 4.74 Å². The maximum atomic E-state index is 12.0. The fraction of sp³-hybridized carbons (Fsp3) is 0.455. The van der Waals surface area contributed by atoms with Gasteiger partial charge in [0, 0.05) is 57.7 Å². The fourth-order valence-electron chi connectivity index (χ4n) is 3.92. The summed E-state index contributed by atoms with van der Waals surface area (Å²) in [5.74, 6) is 1.75. The van der Waals surface area contributed by atoms with Crippen molar-refractivity contribution in [1.82, 2.24) is 30.0 Å². The second-order valence-electron chi connectivity index (χ2n) is 7.71. The summed E-state index contributed by atoms with van der Waals surface area (Å²) >= 11 is 0. The van der Waals surface area contributed by atoms with E-state index < -0.39 is 0 Å². The van der Waals surface area contributed by atoms with Crippen LogP contribution in [0.5, 0.6) is 0 Å². The molecule has 1 aliphatic rings. The summed E-state index contributed by atoms with van der Waals surface area (Å²) in [7, 11) is 1.59. The zero-order valence-corrected chi connectivity index (χ0v) is 17.5. The van der Waals surface area contributed by atoms with Gasteiger partial charge in [0.05, 0.1) is 18.2 Å². The van der Waals surface area contributed by atoms with Gasteiger partial charge in [-0.1, -0.05) is 12.1 Å². The first-order valence-electron chi connectivity index (χ1n) is 10.4. The highest BCUT2D eigenvalue weighted by Crippen LogP contribution is 2.19. The Morgan fingerprint density at radius 2 is 2.13 bits per heavy atom. The minimum absolute atomic E-state index is 0.0391. The molecule has 1 aliphatic heterocycles. The van der Waals surface area contributed by atoms with Gasteiger partial charge in [-0.05, 0) is 30.7 Å². The highest BCUT2D eigenvalue weighted by atomic mass is 16.5. The van der Waals surface area contributed by atoms with Crippen molar-refractivity contribution >= 4 is 16.8 Å². The van der Waals surface area contributed by atoms with Gasteiger partial charge in [-0.2, -0.15) is 0 Å². The van der Waals surface area contributed by atoms with Crippen LogP contribution >= 0.6 is 0 Å². The summed E-state index contributed by atoms with van der Waals surface area (Å²) in [4.78, 5) is 18.9. The number of carbonyl (C=O) groups excluding carboxylic acids is 1. The van der Waals surface area contributed by atoms with Crippen molar-refractivity contribution in [2.24, 2.45) is 0 Å². The van der Waals surface area contributed by atoms with E-state index in [9.17, 15) is 4.79 Å². The average Bonchev–Trinajstić information content (AvgIpc) is 3.07. The Labute approximate surface area is 176 Å². The van der Waals surface area contributed by atoms with Crippen LogP contribution in [0, 0.1) is 0 Å². The van der Waals surface area contributed by atoms with Gasteiger partial charge < -0.3 is 14.6 Å². The quantitative estimate of drug-likeness (QED) is 0.644. The van der Waals surface area contributed by atoms with E-state index in [0.29, 0.717) is 13.0 Å². The molecule has 3 heterocycles. The van der Waals surface area contributed by atoms with Crippen molar-refractivity contribution < 1.29 is 9.53 Å². The molecule has 8 heteroatoms. The van der Waals surface area contributed by atoms with Crippen molar-refractivity contribution in [2.45, 2.75) is 38.9 Å². The zero-order chi connectivity index (χ0) is 20.9. The molecule has 0 unspecified atom stereocenters. The number of hydrogen-bond acceptors (Lipinski definition) is 6. The molecule has 0 fully saturated rings. The molecule has 0 bridgehead atoms. The van der Waals surface area contributed by atoms with Crippen LogP contribution in [0.3, 0.4) is 0 Å². The van der Waals surface area contributed by atoms with Crippen LogP contribution < -0.4 is 5.32 Å². The van der Waals surface area contributed by atoms with Crippen LogP contribution in [0.1, 0.15) is 36.6 Å². The van der Waals surface area contributed by atoms with E-state index in [1.807, 2.05) is 19.2 Å². The molecule has 0 radical (unpaired) electrons. The number of aromatic nitrogens is 4. The van der Waals surface area contributed by atoms with Crippen molar-refractivity contribution in [3.8, 4) is 0 Å². The molecule has 3 aromatic rings. The first kappa shape index (κ1) is 20.4. The number of benzene rings is 1. The molecule has 4 rings (SSSR count). The van der Waals surface area contributed by atoms with Crippen molar-refractivity contribution in [3.05, 3.63) is 53.7 Å². The minimum atomic E-state index is -0.185. The van der Waals surface area contributed by atoms with E-state index in [1.165, 1.54) is 10.9 Å². The number of nitrogens with one attached hydrogen (secondary N) is 1. The maximum Gasteiger partial charge on any atom is 0.222 e. The van der Waals surface area contributed by atoms with Gasteiger partial charge in [0.15, 0.2) is 5.82 Å². The van der Waals surface area contributed by atoms with E-state index >= 15 is 0 Å². The normalized spacial score (nSPS) is 15.5. The van der Waals surface area contributed by atoms with E-state index in [2.05, 4.69) is 54.2 Å². The Morgan fingerprint density at radius 3 is 3.00 bits per heavy atom. The lowest BCUT2D eigenvalue weighted by Crippen LogP contribution is -2.30. The minimum Gasteiger partial charge on any atom is -0.384 e. The van der Waals surface area contributed by atoms with Crippen LogP contribution in [0.15, 0.2) is 36.5 Å². The standard InChI is InChI=1S/C22H28N6O2/c1-16(24-21(29)8-13-30-2)22-26-25-20-7-10-27(11-12-28(20)22)15-17-5-6-19-18(14-17)4-3-9-23-19/h3-6,9,14,16H,7-8,10-13,15H2,1-2H3,(H,24,29)/t16-/m0/s1. The van der Waals surface area contributed by atoms with Gasteiger partial charge in [0.1, 0.15) is 5.82 Å². The predicted octanol–water partition coefficient (Wildman–Crippen LogP) is 2.10. The highest BCUT2D eigenvalue weighted by Gasteiger charge is 2.22. The molecule has 1 aromatic carbocycles. The van der Waals surface area contributed by atoms with Gasteiger partial charge in [-0.25, -0.2) is 0 Å². The number of hydrogen-bond donors (Lipinski definition) is 1. The molecule has 0 spiro atoms. The fourth-order valence-corrected chi connectivity index (χ4v) is 3.92. The Bertz CT molecular complexity index is 1020. The van der Waals surface area contributed by atoms with Crippen molar-refractivity contribution in [3.63, 3.8) is 0 Å². The molecule has 1 atom stereocenters. The highest BCUT2D eigenvalue weighted by molar-refractivity contribution is 5.78. The van der Waals surface area contributed by atoms with Gasteiger partial charge in [-0.3, -0.25) is 14.7 Å². The summed E-state index contributed by atoms with van der Waals surface area (Å²) in [6.45, 7) is 5.90. The van der Waals surface area contributed by atoms with Crippen molar-refractivity contribution in [1.29, 1.82) is 0 Å². The number of amides is 1. The Morgan fingerprint density at radius 1 is 1.23 bits per heavy atom. The summed E-state index contributed by atoms with van der Waals surface area (Å²) < 4.78 is 7.13. The van der Waals surface area contributed by atoms with Crippen molar-refractivity contribution in [2.75, 3.05) is 26.8 Å². The first-order chi connectivity index (χ1) is 14.6. The Hall–Kier alpha value is -2.84. The lowest BCUT2D eigenvalue weighted by molar-refractivity contribution is -0.122. The second-order valence-corrected chi connectivity index (χ2v) is 7.71. The second kappa shape index (κ2) is 9.32. The molecular weight excluding hydrogens is 380 g/mol. The molecule has 8 nitrogen and oxygen atoms in total. The third-order valence-corrected chi connectivity index (χ3v) is 5.52. The maximum absolute atomic E-state index is 12.0. The Balaban J connectivity index is 1.40. The Kier molecular flexibility index (Phi) is 6.35. The lowest BCUT2D eigenvalue weighted by atomic mass is 10.1. The molecule has 0 saturated carbocycles. The lowest BCUT2D eigenvalue weighted by Gasteiger charge is -2.20. The summed E-state index contributed by atoms with van der Waals surface area (Å²) in [5.41, 5.74) is 2.31. The van der Waals surface area contributed by atoms with E-state index in [0.717, 1.165) is 49.8 Å². The molecule has 30 heavy (non-hydrogen) atoms. The zero-order valence-electron chi connectivity index (χ0n) is 17.5. The van der Waals surface area contributed by atoms with Crippen LogP contribution in [-0.4, -0.2) is 57.4 Å². The topological polar surface area (TPSA) is 85.2 Å². The summed E-state index contributed by atoms with van der Waals surface area (Å²) in [6.07, 6.45) is 3.01. The largest absolute Gasteiger partial charge is 0.384 e. The third-order valence-electron chi connectivity index (χ3n) is 5.52. The van der Waals surface area contributed by atoms with Gasteiger partial charge in [0.25, 0.3) is 0 Å². The molecule has 0 aliphatic carbocycles. The SMILES string of the molecule is COCCC(=O)N[C@@H](C)c1nnc2n1CCN(Cc1ccc3ncccc3c1)CC2. The summed E-state index contributed by atoms with van der Waals surface area (Å²) in [6, 6.07) is 10.4. The molecule has 158 valence electrons. The summed E-state index contributed by atoms with van der Waals surface area (Å²) in [5, 5.41) is 12.9. The van der Waals surface area contributed by atoms with Gasteiger partial charge in [0.2, 0.25) is 5.91 Å². The molecule has 2 aromatic heterocycles. The number of ether oxygens (including phenoxy) is 1. The average molecular weight is 409 g/mol. The number of carbonyl (C=O) groups is 1. The molecule has 0 saturated heterocycles.